The third kappa shape index (κ3) is 11.8. The number of carboxylic acid groups (broad SMARTS) is 2. The van der Waals surface area contributed by atoms with Crippen LogP contribution in [0.2, 0.25) is 0 Å². The zero-order valence-corrected chi connectivity index (χ0v) is 21.2. The lowest BCUT2D eigenvalue weighted by Crippen LogP contribution is -2.40. The lowest BCUT2D eigenvalue weighted by molar-refractivity contribution is -0.193. The van der Waals surface area contributed by atoms with Gasteiger partial charge in [0.25, 0.3) is 0 Å². The highest BCUT2D eigenvalue weighted by Gasteiger charge is 2.42. The molecule has 0 aromatic carbocycles. The zero-order valence-electron chi connectivity index (χ0n) is 21.2. The van der Waals surface area contributed by atoms with Crippen LogP contribution in [0.15, 0.2) is 48.8 Å². The number of aromatic nitrogens is 2. The Bertz CT molecular complexity index is 1020. The van der Waals surface area contributed by atoms with Crippen LogP contribution < -0.4 is 0 Å². The van der Waals surface area contributed by atoms with Crippen LogP contribution in [-0.4, -0.2) is 81.8 Å². The van der Waals surface area contributed by atoms with E-state index in [4.69, 9.17) is 29.3 Å². The van der Waals surface area contributed by atoms with Gasteiger partial charge in [-0.05, 0) is 62.0 Å². The summed E-state index contributed by atoms with van der Waals surface area (Å²) in [5.41, 5.74) is 2.48. The Labute approximate surface area is 225 Å². The minimum Gasteiger partial charge on any atom is -0.475 e. The Morgan fingerprint density at radius 1 is 0.925 bits per heavy atom. The highest BCUT2D eigenvalue weighted by Crippen LogP contribution is 2.42. The second-order valence-corrected chi connectivity index (χ2v) is 9.18. The Morgan fingerprint density at radius 2 is 1.43 bits per heavy atom. The average molecular weight is 582 g/mol. The molecule has 2 N–H and O–H groups in total. The van der Waals surface area contributed by atoms with Gasteiger partial charge in [-0.15, -0.1) is 0 Å². The summed E-state index contributed by atoms with van der Waals surface area (Å²) in [5.74, 6) is -5.51. The van der Waals surface area contributed by atoms with E-state index in [-0.39, 0.29) is 6.10 Å². The molecule has 222 valence electrons. The molecular formula is C25H29F6N3O6. The fraction of sp³-hybridized carbons (Fsp3) is 0.520. The molecule has 0 amide bonds. The van der Waals surface area contributed by atoms with Gasteiger partial charge in [-0.25, -0.2) is 9.59 Å². The van der Waals surface area contributed by atoms with Crippen LogP contribution in [0, 0.1) is 5.41 Å². The average Bonchev–Trinajstić information content (AvgIpc) is 3.29. The molecule has 0 radical (unpaired) electrons. The Hall–Kier alpha value is -3.30. The molecule has 2 aromatic rings. The smallest absolute Gasteiger partial charge is 0.475 e. The van der Waals surface area contributed by atoms with Crippen molar-refractivity contribution in [2.75, 3.05) is 26.3 Å². The van der Waals surface area contributed by atoms with Crippen molar-refractivity contribution in [3.05, 3.63) is 60.2 Å². The third-order valence-corrected chi connectivity index (χ3v) is 6.08. The first-order valence-corrected chi connectivity index (χ1v) is 12.0. The van der Waals surface area contributed by atoms with E-state index in [9.17, 15) is 26.3 Å². The second-order valence-electron chi connectivity index (χ2n) is 9.18. The van der Waals surface area contributed by atoms with Crippen molar-refractivity contribution < 1.29 is 55.6 Å². The van der Waals surface area contributed by atoms with Gasteiger partial charge in [0.15, 0.2) is 0 Å². The summed E-state index contributed by atoms with van der Waals surface area (Å²) >= 11 is 0. The molecule has 1 atom stereocenters. The van der Waals surface area contributed by atoms with Crippen LogP contribution in [0.4, 0.5) is 26.3 Å². The highest BCUT2D eigenvalue weighted by molar-refractivity contribution is 5.73. The third-order valence-electron chi connectivity index (χ3n) is 6.08. The maximum Gasteiger partial charge on any atom is 0.490 e. The lowest BCUT2D eigenvalue weighted by Gasteiger charge is -2.38. The van der Waals surface area contributed by atoms with E-state index in [1.165, 1.54) is 12.8 Å². The first-order chi connectivity index (χ1) is 18.7. The number of piperidine rings is 1. The minimum atomic E-state index is -5.08. The van der Waals surface area contributed by atoms with E-state index in [0.717, 1.165) is 44.0 Å². The number of aliphatic carboxylic acids is 2. The van der Waals surface area contributed by atoms with Gasteiger partial charge < -0.3 is 19.7 Å². The molecule has 40 heavy (non-hydrogen) atoms. The fourth-order valence-corrected chi connectivity index (χ4v) is 4.04. The number of rotatable bonds is 6. The van der Waals surface area contributed by atoms with E-state index >= 15 is 0 Å². The number of hydrogen-bond donors (Lipinski definition) is 2. The fourth-order valence-electron chi connectivity index (χ4n) is 4.04. The molecule has 2 saturated heterocycles. The van der Waals surface area contributed by atoms with Crippen molar-refractivity contribution in [2.45, 2.75) is 50.9 Å². The van der Waals surface area contributed by atoms with Gasteiger partial charge >= 0.3 is 24.3 Å². The van der Waals surface area contributed by atoms with E-state index in [1.54, 1.807) is 6.20 Å². The summed E-state index contributed by atoms with van der Waals surface area (Å²) in [7, 11) is 0. The summed E-state index contributed by atoms with van der Waals surface area (Å²) in [5, 5.41) is 14.2. The van der Waals surface area contributed by atoms with Crippen LogP contribution in [0.3, 0.4) is 0 Å². The number of carbonyl (C=O) groups is 2. The van der Waals surface area contributed by atoms with Crippen molar-refractivity contribution in [1.29, 1.82) is 0 Å². The van der Waals surface area contributed by atoms with Crippen LogP contribution in [0.5, 0.6) is 0 Å². The number of likely N-dealkylation sites (tertiary alicyclic amines) is 1. The quantitative estimate of drug-likeness (QED) is 0.480. The summed E-state index contributed by atoms with van der Waals surface area (Å²) in [6, 6.07) is 12.1. The maximum absolute atomic E-state index is 10.6. The van der Waals surface area contributed by atoms with Gasteiger partial charge in [0.2, 0.25) is 0 Å². The standard InChI is InChI=1S/C21H27N3O2.2C2HF3O2/c1-3-9-22-18(5-1)14-24-11-7-21(8-12-24)13-20(26-17-21)16-25-15-19-6-2-4-10-23-19;2*3-2(4,5)1(6)7/h1-6,9-10,20H,7-8,11-17H2;2*(H,6,7). The molecule has 15 heteroatoms. The highest BCUT2D eigenvalue weighted by atomic mass is 19.4. The Kier molecular flexibility index (Phi) is 12.3. The van der Waals surface area contributed by atoms with Crippen molar-refractivity contribution in [3.63, 3.8) is 0 Å². The van der Waals surface area contributed by atoms with E-state index in [2.05, 4.69) is 27.0 Å². The number of hydrogen-bond acceptors (Lipinski definition) is 7. The summed E-state index contributed by atoms with van der Waals surface area (Å²) < 4.78 is 75.4. The number of ether oxygens (including phenoxy) is 2. The van der Waals surface area contributed by atoms with Crippen molar-refractivity contribution in [3.8, 4) is 0 Å². The first-order valence-electron chi connectivity index (χ1n) is 12.0. The van der Waals surface area contributed by atoms with E-state index < -0.39 is 24.3 Å². The molecule has 0 aliphatic carbocycles. The summed E-state index contributed by atoms with van der Waals surface area (Å²) in [6.07, 6.45) is -2.74. The van der Waals surface area contributed by atoms with Crippen molar-refractivity contribution in [2.24, 2.45) is 5.41 Å². The number of nitrogens with zero attached hydrogens (tertiary/aromatic N) is 3. The molecule has 2 aromatic heterocycles. The molecule has 0 bridgehead atoms. The molecular weight excluding hydrogens is 552 g/mol. The number of pyridine rings is 2. The van der Waals surface area contributed by atoms with Gasteiger partial charge in [0.1, 0.15) is 0 Å². The first kappa shape index (κ1) is 32.9. The molecule has 4 heterocycles. The van der Waals surface area contributed by atoms with Gasteiger partial charge in [-0.1, -0.05) is 12.1 Å². The largest absolute Gasteiger partial charge is 0.490 e. The van der Waals surface area contributed by atoms with Crippen LogP contribution >= 0.6 is 0 Å². The molecule has 1 spiro atoms. The zero-order chi connectivity index (χ0) is 29.8. The Morgan fingerprint density at radius 3 is 1.88 bits per heavy atom. The number of alkyl halides is 6. The van der Waals surface area contributed by atoms with Crippen molar-refractivity contribution in [1.82, 2.24) is 14.9 Å². The lowest BCUT2D eigenvalue weighted by atomic mass is 9.76. The molecule has 1 unspecified atom stereocenters. The van der Waals surface area contributed by atoms with Gasteiger partial charge in [0.05, 0.1) is 37.3 Å². The van der Waals surface area contributed by atoms with Gasteiger partial charge in [0, 0.05) is 18.9 Å². The summed E-state index contributed by atoms with van der Waals surface area (Å²) in [6.45, 7) is 5.31. The summed E-state index contributed by atoms with van der Waals surface area (Å²) in [4.78, 5) is 29.0. The number of carboxylic acids is 2. The molecule has 2 fully saturated rings. The van der Waals surface area contributed by atoms with E-state index in [0.29, 0.717) is 18.6 Å². The molecule has 4 rings (SSSR count). The normalized spacial score (nSPS) is 18.7. The minimum absolute atomic E-state index is 0.223. The molecule has 2 aliphatic rings. The molecule has 9 nitrogen and oxygen atoms in total. The monoisotopic (exact) mass is 581 g/mol. The number of halogens is 6. The maximum atomic E-state index is 10.6. The van der Waals surface area contributed by atoms with Gasteiger partial charge in [-0.3, -0.25) is 14.9 Å². The predicted octanol–water partition coefficient (Wildman–Crippen LogP) is 4.33. The second kappa shape index (κ2) is 14.9. The van der Waals surface area contributed by atoms with Crippen LogP contribution in [0.1, 0.15) is 30.7 Å². The molecule has 2 aliphatic heterocycles. The predicted molar refractivity (Wildman–Crippen MR) is 127 cm³/mol. The molecule has 0 saturated carbocycles. The SMILES string of the molecule is O=C(O)C(F)(F)F.O=C(O)C(F)(F)F.c1ccc(COCC2CC3(CCN(Cc4ccccn4)CC3)CO2)nc1. The van der Waals surface area contributed by atoms with Crippen LogP contribution in [0.25, 0.3) is 0 Å². The van der Waals surface area contributed by atoms with Crippen LogP contribution in [-0.2, 0) is 32.2 Å². The van der Waals surface area contributed by atoms with E-state index in [1.807, 2.05) is 30.5 Å². The topological polar surface area (TPSA) is 122 Å². The van der Waals surface area contributed by atoms with Crippen molar-refractivity contribution >= 4 is 11.9 Å². The Balaban J connectivity index is 0.000000333. The van der Waals surface area contributed by atoms with Gasteiger partial charge in [-0.2, -0.15) is 26.3 Å².